The summed E-state index contributed by atoms with van der Waals surface area (Å²) in [6.45, 7) is 3.77. The Morgan fingerprint density at radius 2 is 1.85 bits per heavy atom. The molecule has 5 nitrogen and oxygen atoms in total. The van der Waals surface area contributed by atoms with Crippen molar-refractivity contribution in [3.05, 3.63) is 63.1 Å². The molecule has 1 aliphatic heterocycles. The van der Waals surface area contributed by atoms with Crippen molar-refractivity contribution in [2.75, 3.05) is 12.0 Å². The molecule has 0 saturated carbocycles. The molecule has 1 heterocycles. The number of nitrogens with zero attached hydrogens (tertiary/aromatic N) is 1. The number of benzene rings is 2. The predicted octanol–water partition coefficient (Wildman–Crippen LogP) is 3.91. The quantitative estimate of drug-likeness (QED) is 0.442. The molecule has 1 fully saturated rings. The Kier molecular flexibility index (Phi) is 5.43. The van der Waals surface area contributed by atoms with Gasteiger partial charge >= 0.3 is 0 Å². The van der Waals surface area contributed by atoms with E-state index in [0.717, 1.165) is 21.2 Å². The summed E-state index contributed by atoms with van der Waals surface area (Å²) in [6, 6.07) is 10.9. The van der Waals surface area contributed by atoms with Crippen LogP contribution < -0.4 is 15.0 Å². The van der Waals surface area contributed by atoms with Crippen LogP contribution in [-0.2, 0) is 9.59 Å². The van der Waals surface area contributed by atoms with Gasteiger partial charge in [0, 0.05) is 4.47 Å². The number of thiocarbonyl (C=S) groups is 1. The number of rotatable bonds is 3. The second-order valence-electron chi connectivity index (χ2n) is 6.11. The minimum absolute atomic E-state index is 0.0270. The van der Waals surface area contributed by atoms with Crippen LogP contribution in [0.2, 0.25) is 0 Å². The van der Waals surface area contributed by atoms with Crippen LogP contribution >= 0.6 is 28.1 Å². The van der Waals surface area contributed by atoms with Crippen LogP contribution in [0.15, 0.2) is 46.4 Å². The normalized spacial score (nSPS) is 15.9. The molecule has 0 atom stereocenters. The van der Waals surface area contributed by atoms with E-state index >= 15 is 0 Å². The summed E-state index contributed by atoms with van der Waals surface area (Å²) in [6.07, 6.45) is 1.58. The number of hydrogen-bond acceptors (Lipinski definition) is 4. The summed E-state index contributed by atoms with van der Waals surface area (Å²) in [4.78, 5) is 26.9. The minimum Gasteiger partial charge on any atom is -0.497 e. The predicted molar refractivity (Wildman–Crippen MR) is 113 cm³/mol. The maximum absolute atomic E-state index is 13.1. The van der Waals surface area contributed by atoms with E-state index in [4.69, 9.17) is 17.0 Å². The number of hydrogen-bond donors (Lipinski definition) is 1. The SMILES string of the molecule is COc1ccc(C=C2C(=O)NC(=S)N(c3ccc(Br)cc3C)C2=O)c(C)c1. The van der Waals surface area contributed by atoms with Crippen LogP contribution in [0.1, 0.15) is 16.7 Å². The van der Waals surface area contributed by atoms with Gasteiger partial charge in [0.1, 0.15) is 11.3 Å². The zero-order valence-electron chi connectivity index (χ0n) is 15.0. The molecule has 0 unspecified atom stereocenters. The smallest absolute Gasteiger partial charge is 0.270 e. The molecule has 0 radical (unpaired) electrons. The maximum Gasteiger partial charge on any atom is 0.270 e. The molecule has 138 valence electrons. The summed E-state index contributed by atoms with van der Waals surface area (Å²) in [5, 5.41) is 2.67. The first-order chi connectivity index (χ1) is 12.8. The van der Waals surface area contributed by atoms with Gasteiger partial charge in [0.15, 0.2) is 5.11 Å². The van der Waals surface area contributed by atoms with E-state index in [1.807, 2.05) is 38.1 Å². The summed E-state index contributed by atoms with van der Waals surface area (Å²) >= 11 is 8.66. The van der Waals surface area contributed by atoms with Crippen LogP contribution in [-0.4, -0.2) is 24.0 Å². The number of methoxy groups -OCH3 is 1. The molecule has 1 aliphatic rings. The van der Waals surface area contributed by atoms with Crippen LogP contribution in [0.5, 0.6) is 5.75 Å². The topological polar surface area (TPSA) is 58.6 Å². The Hall–Kier alpha value is -2.51. The Morgan fingerprint density at radius 3 is 2.48 bits per heavy atom. The fourth-order valence-corrected chi connectivity index (χ4v) is 3.59. The van der Waals surface area contributed by atoms with Crippen molar-refractivity contribution in [3.63, 3.8) is 0 Å². The monoisotopic (exact) mass is 444 g/mol. The van der Waals surface area contributed by atoms with Crippen molar-refractivity contribution in [2.24, 2.45) is 0 Å². The number of anilines is 1. The second-order valence-corrected chi connectivity index (χ2v) is 7.41. The molecule has 1 saturated heterocycles. The highest BCUT2D eigenvalue weighted by Gasteiger charge is 2.35. The molecular formula is C20H17BrN2O3S. The third-order valence-corrected chi connectivity index (χ3v) is 5.06. The first-order valence-corrected chi connectivity index (χ1v) is 9.34. The van der Waals surface area contributed by atoms with E-state index in [9.17, 15) is 9.59 Å². The molecule has 7 heteroatoms. The molecule has 1 N–H and O–H groups in total. The van der Waals surface area contributed by atoms with Crippen molar-refractivity contribution in [1.82, 2.24) is 5.32 Å². The first-order valence-electron chi connectivity index (χ1n) is 8.14. The van der Waals surface area contributed by atoms with Crippen LogP contribution in [0.25, 0.3) is 6.08 Å². The summed E-state index contributed by atoms with van der Waals surface area (Å²) in [5.74, 6) is -0.252. The van der Waals surface area contributed by atoms with Gasteiger partial charge in [-0.25, -0.2) is 0 Å². The van der Waals surface area contributed by atoms with Gasteiger partial charge in [-0.15, -0.1) is 0 Å². The zero-order valence-corrected chi connectivity index (χ0v) is 17.4. The molecule has 0 spiro atoms. The summed E-state index contributed by atoms with van der Waals surface area (Å²) in [7, 11) is 1.59. The maximum atomic E-state index is 13.1. The Labute approximate surface area is 171 Å². The van der Waals surface area contributed by atoms with Gasteiger partial charge in [-0.1, -0.05) is 22.0 Å². The summed E-state index contributed by atoms with van der Waals surface area (Å²) in [5.41, 5.74) is 3.16. The van der Waals surface area contributed by atoms with Gasteiger partial charge in [-0.05, 0) is 79.2 Å². The first kappa shape index (κ1) is 19.3. The van der Waals surface area contributed by atoms with Crippen molar-refractivity contribution in [2.45, 2.75) is 13.8 Å². The van der Waals surface area contributed by atoms with Gasteiger partial charge in [0.05, 0.1) is 12.8 Å². The molecule has 27 heavy (non-hydrogen) atoms. The largest absolute Gasteiger partial charge is 0.497 e. The standard InChI is InChI=1S/C20H17BrN2O3S/c1-11-9-15(26-3)6-4-13(11)10-16-18(24)22-20(27)23(19(16)25)17-7-5-14(21)8-12(17)2/h4-10H,1-3H3,(H,22,24,27). The molecule has 0 bridgehead atoms. The average Bonchev–Trinajstić information content (AvgIpc) is 2.61. The van der Waals surface area contributed by atoms with Crippen molar-refractivity contribution in [1.29, 1.82) is 0 Å². The van der Waals surface area contributed by atoms with Crippen molar-refractivity contribution >= 4 is 56.8 Å². The molecule has 2 amide bonds. The minimum atomic E-state index is -0.508. The lowest BCUT2D eigenvalue weighted by atomic mass is 10.0. The Bertz CT molecular complexity index is 1000. The van der Waals surface area contributed by atoms with E-state index in [1.165, 1.54) is 4.90 Å². The highest BCUT2D eigenvalue weighted by atomic mass is 79.9. The molecule has 0 aromatic heterocycles. The Balaban J connectivity index is 2.05. The lowest BCUT2D eigenvalue weighted by Gasteiger charge is -2.30. The van der Waals surface area contributed by atoms with E-state index in [-0.39, 0.29) is 10.7 Å². The fourth-order valence-electron chi connectivity index (χ4n) is 2.84. The van der Waals surface area contributed by atoms with Crippen molar-refractivity contribution in [3.8, 4) is 5.75 Å². The number of carbonyl (C=O) groups is 2. The van der Waals surface area contributed by atoms with Crippen LogP contribution in [0.4, 0.5) is 5.69 Å². The zero-order chi connectivity index (χ0) is 19.7. The van der Waals surface area contributed by atoms with E-state index < -0.39 is 11.8 Å². The van der Waals surface area contributed by atoms with Gasteiger partial charge in [0.2, 0.25) is 0 Å². The average molecular weight is 445 g/mol. The number of aryl methyl sites for hydroxylation is 2. The molecule has 3 rings (SSSR count). The van der Waals surface area contributed by atoms with E-state index in [2.05, 4.69) is 21.2 Å². The lowest BCUT2D eigenvalue weighted by molar-refractivity contribution is -0.122. The lowest BCUT2D eigenvalue weighted by Crippen LogP contribution is -2.54. The number of carbonyl (C=O) groups excluding carboxylic acids is 2. The second kappa shape index (κ2) is 7.62. The van der Waals surface area contributed by atoms with E-state index in [1.54, 1.807) is 25.3 Å². The third kappa shape index (κ3) is 3.79. The third-order valence-electron chi connectivity index (χ3n) is 4.28. The number of ether oxygens (including phenoxy) is 1. The fraction of sp³-hybridized carbons (Fsp3) is 0.150. The van der Waals surface area contributed by atoms with Gasteiger partial charge < -0.3 is 4.74 Å². The molecular weight excluding hydrogens is 428 g/mol. The van der Waals surface area contributed by atoms with Gasteiger partial charge in [0.25, 0.3) is 11.8 Å². The molecule has 2 aromatic carbocycles. The van der Waals surface area contributed by atoms with Crippen LogP contribution in [0, 0.1) is 13.8 Å². The number of halogens is 1. The summed E-state index contributed by atoms with van der Waals surface area (Å²) < 4.78 is 6.09. The Morgan fingerprint density at radius 1 is 1.11 bits per heavy atom. The highest BCUT2D eigenvalue weighted by Crippen LogP contribution is 2.28. The highest BCUT2D eigenvalue weighted by molar-refractivity contribution is 9.10. The van der Waals surface area contributed by atoms with E-state index in [0.29, 0.717) is 11.4 Å². The van der Waals surface area contributed by atoms with Crippen molar-refractivity contribution < 1.29 is 14.3 Å². The van der Waals surface area contributed by atoms with Gasteiger partial charge in [-0.3, -0.25) is 19.8 Å². The number of nitrogens with one attached hydrogen (secondary N) is 1. The van der Waals surface area contributed by atoms with Gasteiger partial charge in [-0.2, -0.15) is 0 Å². The molecule has 0 aliphatic carbocycles. The van der Waals surface area contributed by atoms with Crippen LogP contribution in [0.3, 0.4) is 0 Å². The molecule has 2 aromatic rings. The number of amides is 2.